The molecule has 19 heavy (non-hydrogen) atoms. The lowest BCUT2D eigenvalue weighted by Crippen LogP contribution is -2.45. The van der Waals surface area contributed by atoms with Crippen molar-refractivity contribution >= 4 is 17.8 Å². The molecule has 10 heteroatoms. The van der Waals surface area contributed by atoms with E-state index in [1.54, 1.807) is 13.8 Å². The normalized spacial score (nSPS) is 11.3. The fraction of sp³-hybridized carbons (Fsp3) is 0.333. The Balaban J connectivity index is 2.35. The number of amides is 1. The van der Waals surface area contributed by atoms with Crippen LogP contribution in [0.5, 0.6) is 0 Å². The third kappa shape index (κ3) is 2.73. The molecule has 0 saturated heterocycles. The van der Waals surface area contributed by atoms with E-state index in [1.807, 2.05) is 0 Å². The first kappa shape index (κ1) is 12.7. The van der Waals surface area contributed by atoms with Crippen LogP contribution in [0.15, 0.2) is 12.7 Å². The van der Waals surface area contributed by atoms with Crippen LogP contribution in [0.2, 0.25) is 0 Å². The maximum atomic E-state index is 11.3. The summed E-state index contributed by atoms with van der Waals surface area (Å²) >= 11 is 0. The lowest BCUT2D eigenvalue weighted by atomic mass is 10.1. The summed E-state index contributed by atoms with van der Waals surface area (Å²) in [4.78, 5) is 26.9. The van der Waals surface area contributed by atoms with Crippen LogP contribution in [-0.4, -0.2) is 41.2 Å². The first-order chi connectivity index (χ1) is 8.88. The number of hydrogen-bond donors (Lipinski definition) is 3. The second-order valence-electron chi connectivity index (χ2n) is 4.27. The number of aromatic nitrogens is 6. The number of hydrogen-bond acceptors (Lipinski definition) is 8. The quantitative estimate of drug-likeness (QED) is 0.616. The summed E-state index contributed by atoms with van der Waals surface area (Å²) in [5.41, 5.74) is 9.82. The molecule has 0 atom stereocenters. The zero-order chi connectivity index (χ0) is 14.0. The van der Waals surface area contributed by atoms with E-state index in [9.17, 15) is 4.79 Å². The number of nitrogens with two attached hydrogens (primary N) is 2. The summed E-state index contributed by atoms with van der Waals surface area (Å²) in [6, 6.07) is 0. The number of nitrogens with one attached hydrogen (secondary N) is 1. The largest absolute Gasteiger partial charge is 0.368 e. The van der Waals surface area contributed by atoms with Crippen LogP contribution in [0, 0.1) is 0 Å². The summed E-state index contributed by atoms with van der Waals surface area (Å²) in [7, 11) is 0. The van der Waals surface area contributed by atoms with Crippen molar-refractivity contribution in [3.8, 4) is 5.95 Å². The van der Waals surface area contributed by atoms with Crippen molar-refractivity contribution in [3.05, 3.63) is 12.7 Å². The van der Waals surface area contributed by atoms with Gasteiger partial charge in [-0.3, -0.25) is 4.79 Å². The number of primary amides is 1. The van der Waals surface area contributed by atoms with Gasteiger partial charge in [-0.25, -0.2) is 4.98 Å². The van der Waals surface area contributed by atoms with E-state index >= 15 is 0 Å². The van der Waals surface area contributed by atoms with Crippen LogP contribution in [0.4, 0.5) is 11.9 Å². The lowest BCUT2D eigenvalue weighted by Gasteiger charge is -2.22. The Morgan fingerprint density at radius 3 is 2.68 bits per heavy atom. The van der Waals surface area contributed by atoms with Crippen molar-refractivity contribution in [3.63, 3.8) is 0 Å². The van der Waals surface area contributed by atoms with E-state index in [-0.39, 0.29) is 17.8 Å². The van der Waals surface area contributed by atoms with E-state index in [4.69, 9.17) is 11.5 Å². The van der Waals surface area contributed by atoms with Gasteiger partial charge >= 0.3 is 0 Å². The first-order valence-corrected chi connectivity index (χ1v) is 5.33. The molecule has 0 aliphatic carbocycles. The van der Waals surface area contributed by atoms with E-state index < -0.39 is 11.4 Å². The summed E-state index contributed by atoms with van der Waals surface area (Å²) in [6.45, 7) is 3.20. The molecule has 5 N–H and O–H groups in total. The summed E-state index contributed by atoms with van der Waals surface area (Å²) in [5, 5.41) is 6.66. The van der Waals surface area contributed by atoms with Gasteiger partial charge in [-0.1, -0.05) is 0 Å². The SMILES string of the molecule is CC(C)(Nc1nc(N)nc(-n2cncn2)n1)C(N)=O. The fourth-order valence-electron chi connectivity index (χ4n) is 1.19. The predicted molar refractivity (Wildman–Crippen MR) is 66.1 cm³/mol. The topological polar surface area (TPSA) is 151 Å². The van der Waals surface area contributed by atoms with Gasteiger partial charge in [0, 0.05) is 0 Å². The Morgan fingerprint density at radius 1 is 1.37 bits per heavy atom. The molecular formula is C9H13N9O. The average molecular weight is 263 g/mol. The van der Waals surface area contributed by atoms with Crippen molar-refractivity contribution in [1.29, 1.82) is 0 Å². The van der Waals surface area contributed by atoms with E-state index in [2.05, 4.69) is 30.4 Å². The van der Waals surface area contributed by atoms with Crippen LogP contribution in [0.1, 0.15) is 13.8 Å². The van der Waals surface area contributed by atoms with Gasteiger partial charge in [-0.15, -0.1) is 0 Å². The fourth-order valence-corrected chi connectivity index (χ4v) is 1.19. The minimum absolute atomic E-state index is 0.0109. The Morgan fingerprint density at radius 2 is 2.11 bits per heavy atom. The van der Waals surface area contributed by atoms with Gasteiger partial charge in [-0.2, -0.15) is 24.7 Å². The minimum atomic E-state index is -1.02. The van der Waals surface area contributed by atoms with Gasteiger partial charge in [0.2, 0.25) is 17.8 Å². The highest BCUT2D eigenvalue weighted by Gasteiger charge is 2.26. The summed E-state index contributed by atoms with van der Waals surface area (Å²) < 4.78 is 1.32. The molecule has 0 aliphatic heterocycles. The number of carbonyl (C=O) groups is 1. The molecule has 0 aromatic carbocycles. The molecule has 0 unspecified atom stereocenters. The van der Waals surface area contributed by atoms with Crippen molar-refractivity contribution < 1.29 is 4.79 Å². The number of nitrogen functional groups attached to an aromatic ring is 1. The molecule has 0 saturated carbocycles. The number of rotatable bonds is 4. The Labute approximate surface area is 108 Å². The monoisotopic (exact) mass is 263 g/mol. The highest BCUT2D eigenvalue weighted by atomic mass is 16.1. The average Bonchev–Trinajstić information content (AvgIpc) is 2.80. The Bertz CT molecular complexity index is 592. The molecule has 1 amide bonds. The summed E-state index contributed by atoms with van der Waals surface area (Å²) in [6.07, 6.45) is 2.75. The van der Waals surface area contributed by atoms with Crippen molar-refractivity contribution in [2.75, 3.05) is 11.1 Å². The Hall–Kier alpha value is -2.78. The van der Waals surface area contributed by atoms with Crippen molar-refractivity contribution in [1.82, 2.24) is 29.7 Å². The smallest absolute Gasteiger partial charge is 0.258 e. The van der Waals surface area contributed by atoms with Gasteiger partial charge in [0.25, 0.3) is 5.95 Å². The number of carbonyl (C=O) groups excluding carboxylic acids is 1. The second kappa shape index (κ2) is 4.48. The molecule has 0 radical (unpaired) electrons. The zero-order valence-electron chi connectivity index (χ0n) is 10.4. The van der Waals surface area contributed by atoms with Gasteiger partial charge < -0.3 is 16.8 Å². The molecule has 2 heterocycles. The molecule has 0 aliphatic rings. The van der Waals surface area contributed by atoms with Gasteiger partial charge in [-0.05, 0) is 13.8 Å². The number of anilines is 2. The molecule has 0 bridgehead atoms. The first-order valence-electron chi connectivity index (χ1n) is 5.33. The van der Waals surface area contributed by atoms with Crippen LogP contribution in [0.25, 0.3) is 5.95 Å². The molecule has 0 spiro atoms. The van der Waals surface area contributed by atoms with E-state index in [1.165, 1.54) is 17.3 Å². The molecule has 100 valence electrons. The van der Waals surface area contributed by atoms with Crippen molar-refractivity contribution in [2.45, 2.75) is 19.4 Å². The second-order valence-corrected chi connectivity index (χ2v) is 4.27. The van der Waals surface area contributed by atoms with Crippen LogP contribution < -0.4 is 16.8 Å². The molecule has 2 aromatic heterocycles. The van der Waals surface area contributed by atoms with Crippen molar-refractivity contribution in [2.24, 2.45) is 5.73 Å². The highest BCUT2D eigenvalue weighted by Crippen LogP contribution is 2.12. The lowest BCUT2D eigenvalue weighted by molar-refractivity contribution is -0.121. The highest BCUT2D eigenvalue weighted by molar-refractivity contribution is 5.86. The van der Waals surface area contributed by atoms with Gasteiger partial charge in [0.05, 0.1) is 0 Å². The molecule has 2 rings (SSSR count). The standard InChI is InChI=1S/C9H13N9O/c1-9(2,5(10)19)17-7-14-6(11)15-8(16-7)18-4-12-3-13-18/h3-4H,1-2H3,(H2,10,19)(H3,11,14,15,16,17). The predicted octanol–water partition coefficient (Wildman–Crippen LogP) is -1.29. The van der Waals surface area contributed by atoms with Gasteiger partial charge in [0.1, 0.15) is 18.2 Å². The molecule has 0 fully saturated rings. The third-order valence-corrected chi connectivity index (χ3v) is 2.30. The molecule has 2 aromatic rings. The third-order valence-electron chi connectivity index (χ3n) is 2.30. The zero-order valence-corrected chi connectivity index (χ0v) is 10.4. The van der Waals surface area contributed by atoms with Crippen LogP contribution >= 0.6 is 0 Å². The maximum Gasteiger partial charge on any atom is 0.258 e. The number of nitrogens with zero attached hydrogens (tertiary/aromatic N) is 6. The van der Waals surface area contributed by atoms with Gasteiger partial charge in [0.15, 0.2) is 0 Å². The van der Waals surface area contributed by atoms with E-state index in [0.29, 0.717) is 0 Å². The van der Waals surface area contributed by atoms with E-state index in [0.717, 1.165) is 0 Å². The molecule has 10 nitrogen and oxygen atoms in total. The minimum Gasteiger partial charge on any atom is -0.368 e. The summed E-state index contributed by atoms with van der Waals surface area (Å²) in [5.74, 6) is -0.244. The van der Waals surface area contributed by atoms with Crippen LogP contribution in [0.3, 0.4) is 0 Å². The van der Waals surface area contributed by atoms with Crippen LogP contribution in [-0.2, 0) is 4.79 Å². The molecular weight excluding hydrogens is 250 g/mol. The maximum absolute atomic E-state index is 11.3. The Kier molecular flexibility index (Phi) is 2.99.